The number of nitrogens with zero attached hydrogens (tertiary/aromatic N) is 1. The van der Waals surface area contributed by atoms with Gasteiger partial charge in [-0.1, -0.05) is 11.6 Å². The maximum atomic E-state index is 8.88. The first kappa shape index (κ1) is 11.3. The Kier molecular flexibility index (Phi) is 3.66. The van der Waals surface area contributed by atoms with Gasteiger partial charge in [-0.15, -0.1) is 0 Å². The lowest BCUT2D eigenvalue weighted by atomic mass is 10.1. The zero-order chi connectivity index (χ0) is 11.4. The minimum Gasteiger partial charge on any atom is -0.382 e. The van der Waals surface area contributed by atoms with E-state index < -0.39 is 0 Å². The number of nitrogens with one attached hydrogen (secondary N) is 2. The Morgan fingerprint density at radius 3 is 2.81 bits per heavy atom. The molecule has 2 rings (SSSR count). The summed E-state index contributed by atoms with van der Waals surface area (Å²) in [6, 6.07) is 8.08. The van der Waals surface area contributed by atoms with E-state index in [4.69, 9.17) is 16.9 Å². The van der Waals surface area contributed by atoms with Gasteiger partial charge in [-0.25, -0.2) is 0 Å². The highest BCUT2D eigenvalue weighted by Gasteiger charge is 2.12. The van der Waals surface area contributed by atoms with Crippen LogP contribution >= 0.6 is 11.6 Å². The molecule has 0 aromatic heterocycles. The average molecular weight is 236 g/mol. The average Bonchev–Trinajstić information content (AvgIpc) is 2.33. The molecule has 1 fully saturated rings. The molecule has 0 radical (unpaired) electrons. The van der Waals surface area contributed by atoms with Crippen LogP contribution in [-0.4, -0.2) is 19.1 Å². The molecule has 1 aliphatic heterocycles. The summed E-state index contributed by atoms with van der Waals surface area (Å²) in [4.78, 5) is 0. The lowest BCUT2D eigenvalue weighted by Crippen LogP contribution is -2.35. The van der Waals surface area contributed by atoms with Crippen LogP contribution in [0.5, 0.6) is 0 Å². The van der Waals surface area contributed by atoms with Crippen LogP contribution in [0.3, 0.4) is 0 Å². The van der Waals surface area contributed by atoms with Gasteiger partial charge in [-0.3, -0.25) is 0 Å². The fourth-order valence-corrected chi connectivity index (χ4v) is 2.06. The van der Waals surface area contributed by atoms with E-state index in [1.165, 1.54) is 0 Å². The summed E-state index contributed by atoms with van der Waals surface area (Å²) < 4.78 is 0. The topological polar surface area (TPSA) is 47.9 Å². The standard InChI is InChI=1S/C12H14ClN3/c13-12-2-1-11(7-9(12)8-14)16-10-3-5-15-6-4-10/h1-2,7,10,15-16H,3-6H2. The molecule has 1 heterocycles. The lowest BCUT2D eigenvalue weighted by molar-refractivity contribution is 0.479. The molecule has 0 atom stereocenters. The van der Waals surface area contributed by atoms with Crippen molar-refractivity contribution in [2.24, 2.45) is 0 Å². The van der Waals surface area contributed by atoms with Crippen LogP contribution in [0.2, 0.25) is 5.02 Å². The van der Waals surface area contributed by atoms with E-state index in [1.807, 2.05) is 12.1 Å². The van der Waals surface area contributed by atoms with Crippen molar-refractivity contribution >= 4 is 17.3 Å². The third-order valence-corrected chi connectivity index (χ3v) is 3.13. The number of nitriles is 1. The maximum Gasteiger partial charge on any atom is 0.101 e. The lowest BCUT2D eigenvalue weighted by Gasteiger charge is -2.24. The van der Waals surface area contributed by atoms with Crippen LogP contribution in [-0.2, 0) is 0 Å². The Bertz CT molecular complexity index is 405. The molecule has 16 heavy (non-hydrogen) atoms. The summed E-state index contributed by atoms with van der Waals surface area (Å²) in [5.41, 5.74) is 1.51. The van der Waals surface area contributed by atoms with E-state index >= 15 is 0 Å². The van der Waals surface area contributed by atoms with Crippen LogP contribution in [0.1, 0.15) is 18.4 Å². The number of rotatable bonds is 2. The predicted octanol–water partition coefficient (Wildman–Crippen LogP) is 2.38. The molecule has 0 spiro atoms. The van der Waals surface area contributed by atoms with Gasteiger partial charge < -0.3 is 10.6 Å². The van der Waals surface area contributed by atoms with Crippen molar-refractivity contribution in [2.45, 2.75) is 18.9 Å². The van der Waals surface area contributed by atoms with Gasteiger partial charge in [0, 0.05) is 11.7 Å². The first-order chi connectivity index (χ1) is 7.79. The molecule has 2 N–H and O–H groups in total. The molecule has 84 valence electrons. The molecular weight excluding hydrogens is 222 g/mol. The SMILES string of the molecule is N#Cc1cc(NC2CCNCC2)ccc1Cl. The third kappa shape index (κ3) is 2.66. The Labute approximate surface area is 100 Å². The number of piperidine rings is 1. The minimum absolute atomic E-state index is 0.494. The molecule has 1 aliphatic rings. The monoisotopic (exact) mass is 235 g/mol. The summed E-state index contributed by atoms with van der Waals surface area (Å²) in [5.74, 6) is 0. The van der Waals surface area contributed by atoms with Crippen LogP contribution in [0, 0.1) is 11.3 Å². The number of hydrogen-bond donors (Lipinski definition) is 2. The van der Waals surface area contributed by atoms with Crippen LogP contribution < -0.4 is 10.6 Å². The molecular formula is C12H14ClN3. The molecule has 4 heteroatoms. The second kappa shape index (κ2) is 5.20. The molecule has 0 saturated carbocycles. The van der Waals surface area contributed by atoms with E-state index in [1.54, 1.807) is 6.07 Å². The molecule has 0 aliphatic carbocycles. The molecule has 1 saturated heterocycles. The highest BCUT2D eigenvalue weighted by atomic mass is 35.5. The van der Waals surface area contributed by atoms with E-state index in [0.717, 1.165) is 31.6 Å². The van der Waals surface area contributed by atoms with Crippen molar-refractivity contribution in [3.63, 3.8) is 0 Å². The van der Waals surface area contributed by atoms with Crippen molar-refractivity contribution in [3.8, 4) is 6.07 Å². The normalized spacial score (nSPS) is 16.8. The van der Waals surface area contributed by atoms with Gasteiger partial charge in [0.2, 0.25) is 0 Å². The number of benzene rings is 1. The third-order valence-electron chi connectivity index (χ3n) is 2.80. The van der Waals surface area contributed by atoms with Crippen LogP contribution in [0.4, 0.5) is 5.69 Å². The van der Waals surface area contributed by atoms with Crippen LogP contribution in [0.15, 0.2) is 18.2 Å². The number of anilines is 1. The van der Waals surface area contributed by atoms with Gasteiger partial charge in [0.05, 0.1) is 10.6 Å². The second-order valence-corrected chi connectivity index (χ2v) is 4.38. The predicted molar refractivity (Wildman–Crippen MR) is 65.7 cm³/mol. The zero-order valence-electron chi connectivity index (χ0n) is 8.96. The second-order valence-electron chi connectivity index (χ2n) is 3.98. The van der Waals surface area contributed by atoms with E-state index in [9.17, 15) is 0 Å². The van der Waals surface area contributed by atoms with Crippen molar-refractivity contribution < 1.29 is 0 Å². The van der Waals surface area contributed by atoms with Crippen molar-refractivity contribution in [3.05, 3.63) is 28.8 Å². The van der Waals surface area contributed by atoms with E-state index in [-0.39, 0.29) is 0 Å². The summed E-state index contributed by atoms with van der Waals surface area (Å²) in [5, 5.41) is 16.1. The van der Waals surface area contributed by atoms with E-state index in [2.05, 4.69) is 16.7 Å². The van der Waals surface area contributed by atoms with Gasteiger partial charge in [0.25, 0.3) is 0 Å². The van der Waals surface area contributed by atoms with Gasteiger partial charge in [-0.05, 0) is 44.1 Å². The highest BCUT2D eigenvalue weighted by Crippen LogP contribution is 2.21. The Hall–Kier alpha value is -1.24. The fourth-order valence-electron chi connectivity index (χ4n) is 1.90. The van der Waals surface area contributed by atoms with Gasteiger partial charge >= 0.3 is 0 Å². The smallest absolute Gasteiger partial charge is 0.101 e. The largest absolute Gasteiger partial charge is 0.382 e. The van der Waals surface area contributed by atoms with Crippen molar-refractivity contribution in [1.29, 1.82) is 5.26 Å². The van der Waals surface area contributed by atoms with Gasteiger partial charge in [0.1, 0.15) is 6.07 Å². The maximum absolute atomic E-state index is 8.88. The number of hydrogen-bond acceptors (Lipinski definition) is 3. The molecule has 1 aromatic rings. The molecule has 0 amide bonds. The van der Waals surface area contributed by atoms with E-state index in [0.29, 0.717) is 16.6 Å². The first-order valence-electron chi connectivity index (χ1n) is 5.46. The Morgan fingerprint density at radius 2 is 2.12 bits per heavy atom. The molecule has 0 unspecified atom stereocenters. The van der Waals surface area contributed by atoms with Crippen molar-refractivity contribution in [2.75, 3.05) is 18.4 Å². The summed E-state index contributed by atoms with van der Waals surface area (Å²) >= 11 is 5.88. The molecule has 1 aromatic carbocycles. The Morgan fingerprint density at radius 1 is 1.38 bits per heavy atom. The van der Waals surface area contributed by atoms with Crippen LogP contribution in [0.25, 0.3) is 0 Å². The number of halogens is 1. The summed E-state index contributed by atoms with van der Waals surface area (Å²) in [6.07, 6.45) is 2.23. The minimum atomic E-state index is 0.494. The summed E-state index contributed by atoms with van der Waals surface area (Å²) in [7, 11) is 0. The summed E-state index contributed by atoms with van der Waals surface area (Å²) in [6.45, 7) is 2.10. The molecule has 3 nitrogen and oxygen atoms in total. The quantitative estimate of drug-likeness (QED) is 0.828. The fraction of sp³-hybridized carbons (Fsp3) is 0.417. The van der Waals surface area contributed by atoms with Gasteiger partial charge in [-0.2, -0.15) is 5.26 Å². The first-order valence-corrected chi connectivity index (χ1v) is 5.84. The zero-order valence-corrected chi connectivity index (χ0v) is 9.72. The Balaban J connectivity index is 2.06. The van der Waals surface area contributed by atoms with Gasteiger partial charge in [0.15, 0.2) is 0 Å². The van der Waals surface area contributed by atoms with Crippen molar-refractivity contribution in [1.82, 2.24) is 5.32 Å². The highest BCUT2D eigenvalue weighted by molar-refractivity contribution is 6.31. The molecule has 0 bridgehead atoms.